The summed E-state index contributed by atoms with van der Waals surface area (Å²) in [4.78, 5) is 12.4. The van der Waals surface area contributed by atoms with E-state index in [9.17, 15) is 4.79 Å². The number of quaternary nitrogens is 1. The van der Waals surface area contributed by atoms with Gasteiger partial charge in [0.05, 0.1) is 6.20 Å². The zero-order valence-corrected chi connectivity index (χ0v) is 7.86. The Morgan fingerprint density at radius 1 is 1.43 bits per heavy atom. The molecule has 0 saturated carbocycles. The number of allylic oxidation sites excluding steroid dienone is 5. The fourth-order valence-corrected chi connectivity index (χ4v) is 1.65. The van der Waals surface area contributed by atoms with Gasteiger partial charge in [-0.1, -0.05) is 6.58 Å². The van der Waals surface area contributed by atoms with Crippen molar-refractivity contribution in [2.24, 2.45) is 0 Å². The van der Waals surface area contributed by atoms with Gasteiger partial charge in [0.15, 0.2) is 5.78 Å². The van der Waals surface area contributed by atoms with Gasteiger partial charge < -0.3 is 0 Å². The first-order valence-corrected chi connectivity index (χ1v) is 4.61. The summed E-state index contributed by atoms with van der Waals surface area (Å²) >= 11 is 0. The number of carbonyl (C=O) groups excluding carboxylic acids is 1. The number of hydrogen-bond acceptors (Lipinski definition) is 1. The van der Waals surface area contributed by atoms with Crippen molar-refractivity contribution in [2.75, 3.05) is 6.54 Å². The quantitative estimate of drug-likeness (QED) is 0.624. The molecule has 1 unspecified atom stereocenters. The summed E-state index contributed by atoms with van der Waals surface area (Å²) in [5, 5.41) is 0. The summed E-state index contributed by atoms with van der Waals surface area (Å²) in [5.41, 5.74) is 2.16. The Hall–Kier alpha value is -1.67. The number of hydrogen-bond donors (Lipinski definition) is 1. The van der Waals surface area contributed by atoms with E-state index in [0.717, 1.165) is 22.7 Å². The van der Waals surface area contributed by atoms with Crippen LogP contribution in [0.4, 0.5) is 0 Å². The highest BCUT2D eigenvalue weighted by Gasteiger charge is 2.21. The second-order valence-electron chi connectivity index (χ2n) is 3.29. The molecule has 0 aromatic heterocycles. The average Bonchev–Trinajstić information content (AvgIpc) is 2.19. The third kappa shape index (κ3) is 1.52. The molecule has 1 aliphatic carbocycles. The van der Waals surface area contributed by atoms with Crippen molar-refractivity contribution in [3.8, 4) is 0 Å². The van der Waals surface area contributed by atoms with Gasteiger partial charge in [-0.3, -0.25) is 9.69 Å². The number of carbonyl (C=O) groups is 1. The smallest absolute Gasteiger partial charge is 0.184 e. The van der Waals surface area contributed by atoms with Gasteiger partial charge in [-0.05, 0) is 30.4 Å². The number of ketones is 1. The van der Waals surface area contributed by atoms with Crippen LogP contribution in [0.2, 0.25) is 0 Å². The van der Waals surface area contributed by atoms with Crippen LogP contribution in [0.1, 0.15) is 0 Å². The topological polar surface area (TPSA) is 21.5 Å². The molecule has 0 bridgehead atoms. The Kier molecular flexibility index (Phi) is 2.29. The van der Waals surface area contributed by atoms with Crippen LogP contribution in [0, 0.1) is 0 Å². The average molecular weight is 186 g/mol. The minimum absolute atomic E-state index is 0.0639. The maximum Gasteiger partial charge on any atom is 0.184 e. The molecule has 14 heavy (non-hydrogen) atoms. The Morgan fingerprint density at radius 2 is 2.29 bits per heavy atom. The molecule has 2 rings (SSSR count). The van der Waals surface area contributed by atoms with Crippen LogP contribution >= 0.6 is 0 Å². The predicted octanol–water partition coefficient (Wildman–Crippen LogP) is 0.534. The van der Waals surface area contributed by atoms with Crippen LogP contribution in [0.15, 0.2) is 60.5 Å². The Bertz CT molecular complexity index is 397. The van der Waals surface area contributed by atoms with Crippen LogP contribution < -0.4 is 4.90 Å². The zero-order valence-electron chi connectivity index (χ0n) is 7.86. The molecular weight excluding hydrogens is 174 g/mol. The maximum atomic E-state index is 11.2. The van der Waals surface area contributed by atoms with E-state index < -0.39 is 0 Å². The minimum atomic E-state index is 0.0639. The molecule has 0 fully saturated rings. The van der Waals surface area contributed by atoms with Gasteiger partial charge in [-0.25, -0.2) is 0 Å². The fourth-order valence-electron chi connectivity index (χ4n) is 1.65. The van der Waals surface area contributed by atoms with Crippen molar-refractivity contribution in [2.45, 2.75) is 0 Å². The lowest BCUT2D eigenvalue weighted by Gasteiger charge is -2.20. The number of nitrogens with one attached hydrogen (secondary N) is 1. The minimum Gasteiger partial charge on any atom is -0.290 e. The van der Waals surface area contributed by atoms with E-state index in [1.165, 1.54) is 0 Å². The fraction of sp³-hybridized carbons (Fsp3) is 0.0833. The van der Waals surface area contributed by atoms with Crippen molar-refractivity contribution < 1.29 is 9.69 Å². The molecule has 0 saturated heterocycles. The first-order valence-electron chi connectivity index (χ1n) is 4.61. The third-order valence-corrected chi connectivity index (χ3v) is 2.31. The maximum absolute atomic E-state index is 11.2. The molecule has 1 N–H and O–H groups in total. The summed E-state index contributed by atoms with van der Waals surface area (Å²) in [6, 6.07) is 0. The van der Waals surface area contributed by atoms with Crippen LogP contribution in [0.5, 0.6) is 0 Å². The van der Waals surface area contributed by atoms with E-state index in [1.807, 2.05) is 30.5 Å². The summed E-state index contributed by atoms with van der Waals surface area (Å²) in [6.45, 7) is 4.51. The molecule has 0 aromatic carbocycles. The molecule has 0 amide bonds. The van der Waals surface area contributed by atoms with Crippen LogP contribution in [0.25, 0.3) is 0 Å². The highest BCUT2D eigenvalue weighted by Crippen LogP contribution is 2.13. The molecular formula is C12H12NO+. The van der Waals surface area contributed by atoms with Gasteiger partial charge in [0, 0.05) is 11.6 Å². The van der Waals surface area contributed by atoms with Gasteiger partial charge in [0.2, 0.25) is 0 Å². The van der Waals surface area contributed by atoms with Crippen LogP contribution in [-0.2, 0) is 4.79 Å². The van der Waals surface area contributed by atoms with Crippen molar-refractivity contribution in [1.29, 1.82) is 0 Å². The van der Waals surface area contributed by atoms with Gasteiger partial charge in [0.25, 0.3) is 0 Å². The standard InChI is InChI=1S/C12H11NO/c1-2-7-13-8-3-4-10-5-6-11(14)9-12(10)13/h2-6,8-9H,1,7H2/p+1. The van der Waals surface area contributed by atoms with Crippen LogP contribution in [-0.4, -0.2) is 12.3 Å². The SMILES string of the molecule is C=CC[NH+]1C=CC=C2C=CC(=O)C=C21. The van der Waals surface area contributed by atoms with Gasteiger partial charge >= 0.3 is 0 Å². The summed E-state index contributed by atoms with van der Waals surface area (Å²) in [5.74, 6) is 0.0639. The van der Waals surface area contributed by atoms with Gasteiger partial charge in [0.1, 0.15) is 12.2 Å². The van der Waals surface area contributed by atoms with E-state index in [4.69, 9.17) is 0 Å². The second-order valence-corrected chi connectivity index (χ2v) is 3.29. The highest BCUT2D eigenvalue weighted by atomic mass is 16.1. The first-order chi connectivity index (χ1) is 6.81. The van der Waals surface area contributed by atoms with E-state index in [2.05, 4.69) is 6.58 Å². The molecule has 0 aromatic rings. The van der Waals surface area contributed by atoms with E-state index in [1.54, 1.807) is 12.2 Å². The van der Waals surface area contributed by atoms with Crippen molar-refractivity contribution in [1.82, 2.24) is 0 Å². The molecule has 0 radical (unpaired) electrons. The summed E-state index contributed by atoms with van der Waals surface area (Å²) in [6.07, 6.45) is 13.1. The van der Waals surface area contributed by atoms with Gasteiger partial charge in [-0.15, -0.1) is 0 Å². The largest absolute Gasteiger partial charge is 0.290 e. The lowest BCUT2D eigenvalue weighted by molar-refractivity contribution is -0.796. The molecule has 2 nitrogen and oxygen atoms in total. The summed E-state index contributed by atoms with van der Waals surface area (Å²) in [7, 11) is 0. The van der Waals surface area contributed by atoms with Crippen molar-refractivity contribution in [3.05, 3.63) is 60.5 Å². The van der Waals surface area contributed by atoms with E-state index >= 15 is 0 Å². The molecule has 70 valence electrons. The molecule has 2 heteroatoms. The lowest BCUT2D eigenvalue weighted by Crippen LogP contribution is -3.06. The lowest BCUT2D eigenvalue weighted by atomic mass is 10.0. The Morgan fingerprint density at radius 3 is 3.07 bits per heavy atom. The predicted molar refractivity (Wildman–Crippen MR) is 55.5 cm³/mol. The molecule has 1 aliphatic heterocycles. The Labute approximate surface area is 83.2 Å². The van der Waals surface area contributed by atoms with Crippen molar-refractivity contribution >= 4 is 5.78 Å². The van der Waals surface area contributed by atoms with Gasteiger partial charge in [-0.2, -0.15) is 0 Å². The third-order valence-electron chi connectivity index (χ3n) is 2.31. The normalized spacial score (nSPS) is 24.0. The van der Waals surface area contributed by atoms with Crippen LogP contribution in [0.3, 0.4) is 0 Å². The first kappa shape index (κ1) is 8.91. The molecule has 1 heterocycles. The molecule has 2 aliphatic rings. The monoisotopic (exact) mass is 186 g/mol. The van der Waals surface area contributed by atoms with Crippen molar-refractivity contribution in [3.63, 3.8) is 0 Å². The summed E-state index contributed by atoms with van der Waals surface area (Å²) < 4.78 is 0. The zero-order chi connectivity index (χ0) is 9.97. The van der Waals surface area contributed by atoms with E-state index in [0.29, 0.717) is 0 Å². The van der Waals surface area contributed by atoms with E-state index in [-0.39, 0.29) is 5.78 Å². The highest BCUT2D eigenvalue weighted by molar-refractivity contribution is 6.02. The number of rotatable bonds is 2. The number of fused-ring (bicyclic) bond motifs is 1. The second kappa shape index (κ2) is 3.60. The molecule has 0 spiro atoms. The molecule has 1 atom stereocenters. The Balaban J connectivity index is 2.35.